The number of aromatic nitrogens is 7. The predicted molar refractivity (Wildman–Crippen MR) is 136 cm³/mol. The number of amides is 1. The molecule has 0 fully saturated rings. The molecule has 5 aromatic rings. The van der Waals surface area contributed by atoms with Crippen LogP contribution < -0.4 is 5.32 Å². The Kier molecular flexibility index (Phi) is 6.65. The van der Waals surface area contributed by atoms with Gasteiger partial charge < -0.3 is 5.32 Å². The normalized spacial score (nSPS) is 11.5. The number of halogens is 4. The molecule has 0 saturated heterocycles. The summed E-state index contributed by atoms with van der Waals surface area (Å²) in [5, 5.41) is 16.7. The van der Waals surface area contributed by atoms with Gasteiger partial charge in [-0.1, -0.05) is 29.3 Å². The van der Waals surface area contributed by atoms with Crippen molar-refractivity contribution in [2.45, 2.75) is 26.4 Å². The van der Waals surface area contributed by atoms with Gasteiger partial charge in [0.25, 0.3) is 6.43 Å². The first-order chi connectivity index (χ1) is 17.7. The van der Waals surface area contributed by atoms with Crippen LogP contribution in [0.1, 0.15) is 23.2 Å². The summed E-state index contributed by atoms with van der Waals surface area (Å²) in [7, 11) is 1.72. The third kappa shape index (κ3) is 5.05. The van der Waals surface area contributed by atoms with Crippen molar-refractivity contribution in [2.24, 2.45) is 7.05 Å². The molecule has 0 spiro atoms. The van der Waals surface area contributed by atoms with Gasteiger partial charge in [0, 0.05) is 52.2 Å². The van der Waals surface area contributed by atoms with Crippen LogP contribution in [-0.4, -0.2) is 40.2 Å². The number of fused-ring (bicyclic) bond motifs is 1. The lowest BCUT2D eigenvalue weighted by Gasteiger charge is -2.08. The molecule has 0 bridgehead atoms. The Morgan fingerprint density at radius 2 is 1.92 bits per heavy atom. The molecule has 0 saturated carbocycles. The highest BCUT2D eigenvalue weighted by molar-refractivity contribution is 6.36. The molecule has 0 aliphatic carbocycles. The molecule has 5 rings (SSSR count). The van der Waals surface area contributed by atoms with E-state index in [0.29, 0.717) is 44.9 Å². The predicted octanol–water partition coefficient (Wildman–Crippen LogP) is 5.27. The van der Waals surface area contributed by atoms with Gasteiger partial charge in [0.05, 0.1) is 29.5 Å². The van der Waals surface area contributed by atoms with Crippen molar-refractivity contribution < 1.29 is 13.6 Å². The van der Waals surface area contributed by atoms with Gasteiger partial charge in [-0.25, -0.2) is 18.4 Å². The van der Waals surface area contributed by atoms with E-state index in [-0.39, 0.29) is 23.1 Å². The van der Waals surface area contributed by atoms with E-state index in [1.54, 1.807) is 60.0 Å². The van der Waals surface area contributed by atoms with E-state index < -0.39 is 12.3 Å². The molecule has 1 amide bonds. The number of rotatable bonds is 7. The molecule has 1 N–H and O–H groups in total. The number of aryl methyl sites for hydroxylation is 2. The Morgan fingerprint density at radius 1 is 1.16 bits per heavy atom. The van der Waals surface area contributed by atoms with Crippen molar-refractivity contribution in [1.29, 1.82) is 0 Å². The van der Waals surface area contributed by atoms with E-state index in [9.17, 15) is 13.6 Å². The fraction of sp³-hybridized carbons (Fsp3) is 0.208. The van der Waals surface area contributed by atoms with Crippen molar-refractivity contribution in [2.75, 3.05) is 5.32 Å². The number of benzene rings is 1. The maximum absolute atomic E-state index is 14.0. The van der Waals surface area contributed by atoms with Crippen molar-refractivity contribution in [3.8, 4) is 11.3 Å². The Morgan fingerprint density at radius 3 is 2.59 bits per heavy atom. The summed E-state index contributed by atoms with van der Waals surface area (Å²) < 4.78 is 32.4. The number of hydrogen-bond acceptors (Lipinski definition) is 5. The number of anilines is 1. The number of nitrogens with zero attached hydrogens (tertiary/aromatic N) is 7. The summed E-state index contributed by atoms with van der Waals surface area (Å²) in [6, 6.07) is 8.18. The first-order valence-corrected chi connectivity index (χ1v) is 11.9. The van der Waals surface area contributed by atoms with E-state index in [2.05, 4.69) is 25.6 Å². The highest BCUT2D eigenvalue weighted by Gasteiger charge is 2.22. The molecule has 190 valence electrons. The Bertz CT molecular complexity index is 1600. The summed E-state index contributed by atoms with van der Waals surface area (Å²) in [6.07, 6.45) is 2.15. The first-order valence-electron chi connectivity index (χ1n) is 11.1. The number of hydrogen-bond donors (Lipinski definition) is 1. The first kappa shape index (κ1) is 24.8. The van der Waals surface area contributed by atoms with E-state index in [0.717, 1.165) is 0 Å². The minimum atomic E-state index is -2.75. The zero-order chi connectivity index (χ0) is 26.3. The van der Waals surface area contributed by atoms with Crippen LogP contribution in [0.15, 0.2) is 48.9 Å². The van der Waals surface area contributed by atoms with Crippen molar-refractivity contribution in [1.82, 2.24) is 34.3 Å². The van der Waals surface area contributed by atoms with Crippen LogP contribution in [0, 0.1) is 6.92 Å². The molecule has 9 nitrogen and oxygen atoms in total. The van der Waals surface area contributed by atoms with Crippen molar-refractivity contribution in [3.05, 3.63) is 75.8 Å². The molecule has 0 aliphatic heterocycles. The fourth-order valence-electron chi connectivity index (χ4n) is 4.05. The molecule has 0 unspecified atom stereocenters. The van der Waals surface area contributed by atoms with E-state index in [1.165, 1.54) is 16.9 Å². The molecule has 4 heterocycles. The lowest BCUT2D eigenvalue weighted by Crippen LogP contribution is -2.20. The zero-order valence-electron chi connectivity index (χ0n) is 19.7. The monoisotopic (exact) mass is 544 g/mol. The lowest BCUT2D eigenvalue weighted by atomic mass is 10.1. The molecule has 4 aromatic heterocycles. The van der Waals surface area contributed by atoms with Crippen LogP contribution >= 0.6 is 23.2 Å². The van der Waals surface area contributed by atoms with Crippen molar-refractivity contribution in [3.63, 3.8) is 0 Å². The maximum Gasteiger partial charge on any atom is 0.264 e. The highest BCUT2D eigenvalue weighted by atomic mass is 35.5. The molecule has 0 radical (unpaired) electrons. The quantitative estimate of drug-likeness (QED) is 0.301. The van der Waals surface area contributed by atoms with E-state index >= 15 is 0 Å². The molecule has 37 heavy (non-hydrogen) atoms. The molecule has 0 aliphatic rings. The van der Waals surface area contributed by atoms with Gasteiger partial charge in [-0.3, -0.25) is 14.2 Å². The van der Waals surface area contributed by atoms with Crippen LogP contribution in [0.2, 0.25) is 10.0 Å². The topological polar surface area (TPSA) is 95.5 Å². The SMILES string of the molecule is Cc1nn(CC(=O)Nc2ccn(Cc3c(Cl)cccc3Cl)n2)c2nc(-c3cnn(C)c3)cc(C(F)F)c12. The largest absolute Gasteiger partial charge is 0.308 e. The van der Waals surface area contributed by atoms with Crippen LogP contribution in [-0.2, 0) is 24.9 Å². The van der Waals surface area contributed by atoms with Gasteiger partial charge >= 0.3 is 0 Å². The molecule has 1 aromatic carbocycles. The molecule has 13 heteroatoms. The van der Waals surface area contributed by atoms with Gasteiger partial charge in [0.1, 0.15) is 6.54 Å². The highest BCUT2D eigenvalue weighted by Crippen LogP contribution is 2.33. The molecular formula is C24H20Cl2F2N8O. The lowest BCUT2D eigenvalue weighted by molar-refractivity contribution is -0.116. The standard InChI is InChI=1S/C24H20Cl2F2N8O/c1-13-22-15(23(27)28)8-19(14-9-29-34(2)10-14)30-24(22)36(32-13)12-21(37)31-20-6-7-35(33-20)11-16-17(25)4-3-5-18(16)26/h3-10,23H,11-12H2,1-2H3,(H,31,33,37). The van der Waals surface area contributed by atoms with Crippen LogP contribution in [0.5, 0.6) is 0 Å². The number of pyridine rings is 1. The minimum absolute atomic E-state index is 0.184. The van der Waals surface area contributed by atoms with Gasteiger partial charge in [0.2, 0.25) is 5.91 Å². The minimum Gasteiger partial charge on any atom is -0.308 e. The summed E-state index contributed by atoms with van der Waals surface area (Å²) in [6.45, 7) is 1.67. The maximum atomic E-state index is 14.0. The van der Waals surface area contributed by atoms with E-state index in [1.807, 2.05) is 0 Å². The number of carbonyl (C=O) groups excluding carboxylic acids is 1. The Balaban J connectivity index is 1.39. The van der Waals surface area contributed by atoms with Gasteiger partial charge in [-0.15, -0.1) is 0 Å². The second kappa shape index (κ2) is 9.91. The van der Waals surface area contributed by atoms with Crippen LogP contribution in [0.3, 0.4) is 0 Å². The van der Waals surface area contributed by atoms with Gasteiger partial charge in [0.15, 0.2) is 11.5 Å². The zero-order valence-corrected chi connectivity index (χ0v) is 21.2. The third-order valence-electron chi connectivity index (χ3n) is 5.73. The van der Waals surface area contributed by atoms with Gasteiger partial charge in [-0.2, -0.15) is 15.3 Å². The third-order valence-corrected chi connectivity index (χ3v) is 6.44. The summed E-state index contributed by atoms with van der Waals surface area (Å²) in [4.78, 5) is 17.4. The van der Waals surface area contributed by atoms with Crippen molar-refractivity contribution >= 4 is 46.0 Å². The van der Waals surface area contributed by atoms with Gasteiger partial charge in [-0.05, 0) is 25.1 Å². The molecular weight excluding hydrogens is 525 g/mol. The Labute approximate surface area is 219 Å². The number of carbonyl (C=O) groups is 1. The summed E-state index contributed by atoms with van der Waals surface area (Å²) in [5.74, 6) is -0.142. The summed E-state index contributed by atoms with van der Waals surface area (Å²) in [5.41, 5.74) is 1.92. The van der Waals surface area contributed by atoms with Crippen LogP contribution in [0.25, 0.3) is 22.3 Å². The smallest absolute Gasteiger partial charge is 0.264 e. The summed E-state index contributed by atoms with van der Waals surface area (Å²) >= 11 is 12.5. The fourth-order valence-corrected chi connectivity index (χ4v) is 4.57. The average molecular weight is 545 g/mol. The number of nitrogens with one attached hydrogen (secondary N) is 1. The Hall–Kier alpha value is -3.83. The number of alkyl halides is 2. The second-order valence-electron chi connectivity index (χ2n) is 8.39. The second-order valence-corrected chi connectivity index (χ2v) is 9.20. The van der Waals surface area contributed by atoms with E-state index in [4.69, 9.17) is 23.2 Å². The average Bonchev–Trinajstić information content (AvgIpc) is 3.55. The molecule has 0 atom stereocenters. The van der Waals surface area contributed by atoms with Crippen LogP contribution in [0.4, 0.5) is 14.6 Å².